The molecule has 0 aromatic heterocycles. The minimum Gasteiger partial charge on any atom is -0.353 e. The van der Waals surface area contributed by atoms with Crippen LogP contribution in [0.3, 0.4) is 0 Å². The molecule has 0 aliphatic heterocycles. The van der Waals surface area contributed by atoms with Crippen LogP contribution in [0.2, 0.25) is 0 Å². The topological polar surface area (TPSA) is 49.4 Å². The van der Waals surface area contributed by atoms with Crippen molar-refractivity contribution < 1.29 is 9.59 Å². The Labute approximate surface area is 155 Å². The van der Waals surface area contributed by atoms with Gasteiger partial charge in [-0.05, 0) is 30.5 Å². The zero-order valence-electron chi connectivity index (χ0n) is 15.1. The lowest BCUT2D eigenvalue weighted by molar-refractivity contribution is -0.128. The van der Waals surface area contributed by atoms with E-state index in [0.717, 1.165) is 36.9 Å². The Bertz CT molecular complexity index is 709. The molecule has 2 amide bonds. The van der Waals surface area contributed by atoms with Crippen molar-refractivity contribution >= 4 is 17.5 Å². The summed E-state index contributed by atoms with van der Waals surface area (Å²) in [4.78, 5) is 26.9. The number of hydrogen-bond donors (Lipinski definition) is 1. The summed E-state index contributed by atoms with van der Waals surface area (Å²) in [5.74, 6) is -0.343. The molecular weight excluding hydrogens is 324 g/mol. The van der Waals surface area contributed by atoms with Gasteiger partial charge in [0.1, 0.15) is 6.42 Å². The normalized spacial score (nSPS) is 14.6. The van der Waals surface area contributed by atoms with Crippen molar-refractivity contribution in [3.05, 3.63) is 66.2 Å². The van der Waals surface area contributed by atoms with Gasteiger partial charge in [0.05, 0.1) is 6.54 Å². The van der Waals surface area contributed by atoms with E-state index in [2.05, 4.69) is 5.32 Å². The predicted octanol–water partition coefficient (Wildman–Crippen LogP) is 4.06. The van der Waals surface area contributed by atoms with E-state index in [1.807, 2.05) is 60.7 Å². The molecule has 1 N–H and O–H groups in total. The maximum absolute atomic E-state index is 12.9. The molecule has 26 heavy (non-hydrogen) atoms. The first-order valence-electron chi connectivity index (χ1n) is 9.41. The van der Waals surface area contributed by atoms with Crippen LogP contribution in [0.25, 0.3) is 0 Å². The smallest absolute Gasteiger partial charge is 0.236 e. The second kappa shape index (κ2) is 9.18. The highest BCUT2D eigenvalue weighted by Gasteiger charge is 2.22. The number of benzene rings is 2. The van der Waals surface area contributed by atoms with Crippen molar-refractivity contribution in [2.45, 2.75) is 51.1 Å². The number of nitrogens with zero attached hydrogens (tertiary/aromatic N) is 1. The second-order valence-electron chi connectivity index (χ2n) is 6.88. The summed E-state index contributed by atoms with van der Waals surface area (Å²) < 4.78 is 0. The average molecular weight is 350 g/mol. The van der Waals surface area contributed by atoms with Crippen LogP contribution in [-0.2, 0) is 16.1 Å². The fourth-order valence-electron chi connectivity index (χ4n) is 3.46. The van der Waals surface area contributed by atoms with E-state index < -0.39 is 0 Å². The Morgan fingerprint density at radius 2 is 1.50 bits per heavy atom. The number of anilines is 1. The van der Waals surface area contributed by atoms with E-state index in [-0.39, 0.29) is 24.3 Å². The summed E-state index contributed by atoms with van der Waals surface area (Å²) in [7, 11) is 0. The zero-order chi connectivity index (χ0) is 18.2. The fraction of sp³-hybridized carbons (Fsp3) is 0.364. The first-order valence-corrected chi connectivity index (χ1v) is 9.41. The maximum Gasteiger partial charge on any atom is 0.236 e. The molecular formula is C22H26N2O2. The van der Waals surface area contributed by atoms with Gasteiger partial charge in [-0.25, -0.2) is 0 Å². The molecule has 0 radical (unpaired) electrons. The molecule has 0 spiro atoms. The molecule has 4 nitrogen and oxygen atoms in total. The number of para-hydroxylation sites is 1. The molecule has 1 saturated carbocycles. The molecule has 0 bridgehead atoms. The lowest BCUT2D eigenvalue weighted by Gasteiger charge is -2.25. The third kappa shape index (κ3) is 5.19. The third-order valence-electron chi connectivity index (χ3n) is 4.83. The van der Waals surface area contributed by atoms with Gasteiger partial charge in [-0.15, -0.1) is 0 Å². The Morgan fingerprint density at radius 1 is 0.885 bits per heavy atom. The number of carbonyl (C=O) groups is 2. The lowest BCUT2D eigenvalue weighted by atomic mass is 9.95. The molecule has 0 atom stereocenters. The van der Waals surface area contributed by atoms with E-state index in [9.17, 15) is 9.59 Å². The highest BCUT2D eigenvalue weighted by Crippen LogP contribution is 2.19. The van der Waals surface area contributed by atoms with Gasteiger partial charge >= 0.3 is 0 Å². The Hall–Kier alpha value is -2.62. The molecule has 4 heteroatoms. The van der Waals surface area contributed by atoms with E-state index in [1.54, 1.807) is 4.90 Å². The van der Waals surface area contributed by atoms with Crippen molar-refractivity contribution in [3.63, 3.8) is 0 Å². The highest BCUT2D eigenvalue weighted by atomic mass is 16.2. The van der Waals surface area contributed by atoms with Crippen molar-refractivity contribution in [1.29, 1.82) is 0 Å². The molecule has 2 aromatic rings. The Kier molecular flexibility index (Phi) is 6.42. The Balaban J connectivity index is 1.67. The molecule has 136 valence electrons. The lowest BCUT2D eigenvalue weighted by Crippen LogP contribution is -2.40. The van der Waals surface area contributed by atoms with Gasteiger partial charge in [-0.3, -0.25) is 9.59 Å². The van der Waals surface area contributed by atoms with Crippen molar-refractivity contribution in [2.24, 2.45) is 0 Å². The summed E-state index contributed by atoms with van der Waals surface area (Å²) >= 11 is 0. The van der Waals surface area contributed by atoms with E-state index in [1.165, 1.54) is 6.42 Å². The number of hydrogen-bond acceptors (Lipinski definition) is 2. The van der Waals surface area contributed by atoms with Gasteiger partial charge < -0.3 is 10.2 Å². The molecule has 1 fully saturated rings. The standard InChI is InChI=1S/C22H26N2O2/c25-21(23-19-12-6-2-7-13-19)16-22(26)24(20-14-8-3-9-15-20)17-18-10-4-1-5-11-18/h1,3-5,8-11,14-15,19H,2,6-7,12-13,16-17H2,(H,23,25). The van der Waals surface area contributed by atoms with Gasteiger partial charge in [0, 0.05) is 11.7 Å². The quantitative estimate of drug-likeness (QED) is 0.799. The first-order chi connectivity index (χ1) is 12.7. The largest absolute Gasteiger partial charge is 0.353 e. The minimum absolute atomic E-state index is 0.113. The van der Waals surface area contributed by atoms with Crippen LogP contribution in [0.4, 0.5) is 5.69 Å². The molecule has 0 unspecified atom stereocenters. The van der Waals surface area contributed by atoms with Crippen LogP contribution in [0.5, 0.6) is 0 Å². The molecule has 2 aromatic carbocycles. The fourth-order valence-corrected chi connectivity index (χ4v) is 3.46. The SMILES string of the molecule is O=C(CC(=O)N(Cc1ccccc1)c1ccccc1)NC1CCCCC1. The third-order valence-corrected chi connectivity index (χ3v) is 4.83. The average Bonchev–Trinajstić information content (AvgIpc) is 2.68. The zero-order valence-corrected chi connectivity index (χ0v) is 15.1. The van der Waals surface area contributed by atoms with Crippen LogP contribution < -0.4 is 10.2 Å². The summed E-state index contributed by atoms with van der Waals surface area (Å²) in [5.41, 5.74) is 1.85. The molecule has 0 heterocycles. The minimum atomic E-state index is -0.173. The van der Waals surface area contributed by atoms with Crippen LogP contribution >= 0.6 is 0 Å². The molecule has 1 aliphatic rings. The number of rotatable bonds is 6. The van der Waals surface area contributed by atoms with Crippen molar-refractivity contribution in [3.8, 4) is 0 Å². The molecule has 1 aliphatic carbocycles. The predicted molar refractivity (Wildman–Crippen MR) is 104 cm³/mol. The summed E-state index contributed by atoms with van der Waals surface area (Å²) in [6.45, 7) is 0.459. The van der Waals surface area contributed by atoms with Gasteiger partial charge in [-0.1, -0.05) is 67.8 Å². The number of carbonyl (C=O) groups excluding carboxylic acids is 2. The molecule has 3 rings (SSSR count). The van der Waals surface area contributed by atoms with Crippen molar-refractivity contribution in [2.75, 3.05) is 4.90 Å². The van der Waals surface area contributed by atoms with Crippen LogP contribution in [0.15, 0.2) is 60.7 Å². The van der Waals surface area contributed by atoms with E-state index >= 15 is 0 Å². The maximum atomic E-state index is 12.9. The Morgan fingerprint density at radius 3 is 2.15 bits per heavy atom. The van der Waals surface area contributed by atoms with Gasteiger partial charge in [0.15, 0.2) is 0 Å². The van der Waals surface area contributed by atoms with Gasteiger partial charge in [0.25, 0.3) is 0 Å². The first kappa shape index (κ1) is 18.2. The van der Waals surface area contributed by atoms with E-state index in [0.29, 0.717) is 6.54 Å². The number of nitrogens with one attached hydrogen (secondary N) is 1. The van der Waals surface area contributed by atoms with Crippen LogP contribution in [0.1, 0.15) is 44.1 Å². The highest BCUT2D eigenvalue weighted by molar-refractivity contribution is 6.05. The summed E-state index contributed by atoms with van der Waals surface area (Å²) in [5, 5.41) is 3.03. The van der Waals surface area contributed by atoms with Gasteiger partial charge in [0.2, 0.25) is 11.8 Å². The van der Waals surface area contributed by atoms with Crippen LogP contribution in [0, 0.1) is 0 Å². The monoisotopic (exact) mass is 350 g/mol. The van der Waals surface area contributed by atoms with Gasteiger partial charge in [-0.2, -0.15) is 0 Å². The van der Waals surface area contributed by atoms with Crippen LogP contribution in [-0.4, -0.2) is 17.9 Å². The summed E-state index contributed by atoms with van der Waals surface area (Å²) in [6, 6.07) is 19.6. The van der Waals surface area contributed by atoms with Crippen molar-refractivity contribution in [1.82, 2.24) is 5.32 Å². The number of amides is 2. The van der Waals surface area contributed by atoms with E-state index in [4.69, 9.17) is 0 Å². The molecule has 0 saturated heterocycles. The second-order valence-corrected chi connectivity index (χ2v) is 6.88. The summed E-state index contributed by atoms with van der Waals surface area (Å²) in [6.07, 6.45) is 5.48.